The number of ether oxygens (including phenoxy) is 7. The Morgan fingerprint density at radius 2 is 1.30 bits per heavy atom. The highest BCUT2D eigenvalue weighted by Gasteiger charge is 2.60. The average Bonchev–Trinajstić information content (AvgIpc) is 3.14. The first-order valence-corrected chi connectivity index (χ1v) is 17.6. The Hall–Kier alpha value is -2.35. The predicted molar refractivity (Wildman–Crippen MR) is 173 cm³/mol. The van der Waals surface area contributed by atoms with Gasteiger partial charge in [0.1, 0.15) is 85.4 Å². The summed E-state index contributed by atoms with van der Waals surface area (Å²) in [5.74, 6) is -6.69. The van der Waals surface area contributed by atoms with Crippen LogP contribution in [0.3, 0.4) is 0 Å². The maximum atomic E-state index is 12.9. The van der Waals surface area contributed by atoms with Gasteiger partial charge in [0.05, 0.1) is 38.1 Å². The third-order valence-electron chi connectivity index (χ3n) is 9.94. The molecular formula is C31H52N2O23. The number of rotatable bonds is 14. The Balaban J connectivity index is 1.71. The lowest BCUT2D eigenvalue weighted by Crippen LogP contribution is -2.71. The van der Waals surface area contributed by atoms with Gasteiger partial charge in [-0.05, 0) is 6.92 Å². The van der Waals surface area contributed by atoms with Gasteiger partial charge in [-0.2, -0.15) is 0 Å². The van der Waals surface area contributed by atoms with Crippen molar-refractivity contribution in [1.29, 1.82) is 0 Å². The number of carbonyl (C=O) groups is 3. The average molecular weight is 821 g/mol. The van der Waals surface area contributed by atoms with Gasteiger partial charge >= 0.3 is 5.97 Å². The van der Waals surface area contributed by atoms with Crippen molar-refractivity contribution in [3.8, 4) is 0 Å². The zero-order valence-corrected chi connectivity index (χ0v) is 30.3. The Morgan fingerprint density at radius 1 is 0.732 bits per heavy atom. The second-order valence-corrected chi connectivity index (χ2v) is 14.0. The number of aliphatic carboxylic acids is 1. The van der Waals surface area contributed by atoms with Crippen molar-refractivity contribution >= 4 is 17.8 Å². The molecule has 21 atom stereocenters. The van der Waals surface area contributed by atoms with Gasteiger partial charge in [0.25, 0.3) is 5.79 Å². The minimum Gasteiger partial charge on any atom is -0.477 e. The van der Waals surface area contributed by atoms with Crippen molar-refractivity contribution in [2.24, 2.45) is 0 Å². The van der Waals surface area contributed by atoms with Crippen LogP contribution in [0.2, 0.25) is 0 Å². The number of carboxylic acids is 1. The molecule has 0 aromatic heterocycles. The number of carbonyl (C=O) groups excluding carboxylic acids is 2. The van der Waals surface area contributed by atoms with E-state index in [1.807, 2.05) is 0 Å². The second kappa shape index (κ2) is 19.1. The minimum atomic E-state index is -3.12. The summed E-state index contributed by atoms with van der Waals surface area (Å²) >= 11 is 0. The lowest BCUT2D eigenvalue weighted by atomic mass is 9.88. The van der Waals surface area contributed by atoms with E-state index < -0.39 is 172 Å². The van der Waals surface area contributed by atoms with Gasteiger partial charge in [0.2, 0.25) is 11.8 Å². The summed E-state index contributed by atoms with van der Waals surface area (Å²) in [6.45, 7) is 0.283. The molecule has 0 bridgehead atoms. The molecule has 2 amide bonds. The summed E-state index contributed by atoms with van der Waals surface area (Å²) in [7, 11) is 0. The Labute approximate surface area is 317 Å². The van der Waals surface area contributed by atoms with Crippen LogP contribution in [0, 0.1) is 0 Å². The fraction of sp³-hybridized carbons (Fsp3) is 0.903. The fourth-order valence-electron chi connectivity index (χ4n) is 6.99. The lowest BCUT2D eigenvalue weighted by Gasteiger charge is -2.51. The molecule has 25 nitrogen and oxygen atoms in total. The highest BCUT2D eigenvalue weighted by Crippen LogP contribution is 2.39. The number of aliphatic hydroxyl groups excluding tert-OH is 12. The van der Waals surface area contributed by atoms with Crippen LogP contribution in [0.1, 0.15) is 27.2 Å². The summed E-state index contributed by atoms with van der Waals surface area (Å²) in [5, 5.41) is 142. The number of amides is 2. The molecule has 4 aliphatic heterocycles. The van der Waals surface area contributed by atoms with Crippen LogP contribution in [0.5, 0.6) is 0 Å². The molecule has 4 saturated heterocycles. The molecule has 25 heteroatoms. The van der Waals surface area contributed by atoms with Gasteiger partial charge in [-0.25, -0.2) is 4.79 Å². The highest BCUT2D eigenvalue weighted by molar-refractivity contribution is 5.76. The maximum absolute atomic E-state index is 12.9. The standard InChI is InChI=1S/C31H52N2O23/c1-8-17(41)20(44)21(45)28(50-8)54-25-16(33-10(3)38)27(47)51-14(7-36)23(25)53-29-22(46)26(19(43)13(6-35)52-29)56-31(30(48)49)4-11(39)15(32-9(2)37)24(55-31)18(42)12(40)5-34/h8,11-29,34-36,39-47H,4-7H2,1-3H3,(H,32,37)(H,33,38)(H,48,49)/t8-,11-,12+,13+,14+,15+,16+,17+,18+,19-,20+,21-,22+,23+,24+,25+,26-,27+,28-,29+,31-/m0/s1. The van der Waals surface area contributed by atoms with Crippen LogP contribution in [-0.2, 0) is 47.5 Å². The van der Waals surface area contributed by atoms with Crippen LogP contribution in [0.15, 0.2) is 0 Å². The van der Waals surface area contributed by atoms with Crippen molar-refractivity contribution in [1.82, 2.24) is 10.6 Å². The zero-order chi connectivity index (χ0) is 42.0. The molecule has 0 aliphatic carbocycles. The van der Waals surface area contributed by atoms with Gasteiger partial charge in [-0.1, -0.05) is 0 Å². The SMILES string of the molecule is CC(=O)N[C@@H]1[C@@H](O[C@@H]2O[C@@H](C)[C@@H](O)[C@@H](O)[C@@H]2O)[C@H](O[C@H]2O[C@H](CO)[C@H](O)[C@H](O[C@]3(C(=O)O)C[C@H](O)[C@@H](NC(C)=O)[C@H]([C@H](O)[C@H](O)CO)O3)[C@H]2O)[C@@H](CO)O[C@H]1O. The van der Waals surface area contributed by atoms with Crippen LogP contribution in [0.4, 0.5) is 0 Å². The minimum absolute atomic E-state index is 0.767. The molecule has 4 fully saturated rings. The van der Waals surface area contributed by atoms with Gasteiger partial charge in [-0.3, -0.25) is 9.59 Å². The lowest BCUT2D eigenvalue weighted by molar-refractivity contribution is -0.390. The first-order chi connectivity index (χ1) is 26.2. The normalized spacial score (nSPS) is 45.7. The number of carboxylic acid groups (broad SMARTS) is 1. The largest absolute Gasteiger partial charge is 0.477 e. The van der Waals surface area contributed by atoms with E-state index in [-0.39, 0.29) is 0 Å². The molecule has 0 aromatic rings. The maximum Gasteiger partial charge on any atom is 0.364 e. The van der Waals surface area contributed by atoms with E-state index in [0.717, 1.165) is 13.8 Å². The second-order valence-electron chi connectivity index (χ2n) is 14.0. The third-order valence-corrected chi connectivity index (χ3v) is 9.94. The topological polar surface area (TPSA) is 403 Å². The van der Waals surface area contributed by atoms with E-state index in [0.29, 0.717) is 0 Å². The van der Waals surface area contributed by atoms with Crippen molar-refractivity contribution in [2.45, 2.75) is 155 Å². The number of hydrogen-bond acceptors (Lipinski definition) is 22. The van der Waals surface area contributed by atoms with E-state index >= 15 is 0 Å². The summed E-state index contributed by atoms with van der Waals surface area (Å²) in [5.41, 5.74) is 0. The van der Waals surface area contributed by atoms with E-state index in [9.17, 15) is 80.8 Å². The molecule has 4 aliphatic rings. The Morgan fingerprint density at radius 3 is 1.86 bits per heavy atom. The van der Waals surface area contributed by atoms with E-state index in [1.54, 1.807) is 0 Å². The Kier molecular flexibility index (Phi) is 15.8. The van der Waals surface area contributed by atoms with Crippen molar-refractivity contribution < 1.29 is 114 Å². The van der Waals surface area contributed by atoms with Crippen LogP contribution >= 0.6 is 0 Å². The molecule has 324 valence electrons. The first kappa shape index (κ1) is 46.3. The summed E-state index contributed by atoms with van der Waals surface area (Å²) in [6, 6.07) is -3.22. The molecule has 4 rings (SSSR count). The number of aliphatic hydroxyl groups is 12. The van der Waals surface area contributed by atoms with Gasteiger partial charge in [-0.15, -0.1) is 0 Å². The molecule has 0 spiro atoms. The van der Waals surface area contributed by atoms with Gasteiger partial charge < -0.3 is 110 Å². The summed E-state index contributed by atoms with van der Waals surface area (Å²) in [4.78, 5) is 37.0. The van der Waals surface area contributed by atoms with Crippen LogP contribution in [0.25, 0.3) is 0 Å². The van der Waals surface area contributed by atoms with E-state index in [1.165, 1.54) is 6.92 Å². The van der Waals surface area contributed by atoms with Gasteiger partial charge in [0, 0.05) is 20.3 Å². The predicted octanol–water partition coefficient (Wildman–Crippen LogP) is -9.23. The molecule has 0 radical (unpaired) electrons. The van der Waals surface area contributed by atoms with Crippen molar-refractivity contribution in [2.75, 3.05) is 19.8 Å². The molecule has 15 N–H and O–H groups in total. The molecule has 0 saturated carbocycles. The zero-order valence-electron chi connectivity index (χ0n) is 30.3. The molecular weight excluding hydrogens is 768 g/mol. The van der Waals surface area contributed by atoms with Crippen LogP contribution < -0.4 is 10.6 Å². The van der Waals surface area contributed by atoms with Crippen LogP contribution in [-0.4, -0.2) is 232 Å². The third kappa shape index (κ3) is 9.74. The fourth-order valence-corrected chi connectivity index (χ4v) is 6.99. The quantitative estimate of drug-likeness (QED) is 0.0773. The molecule has 0 unspecified atom stereocenters. The monoisotopic (exact) mass is 820 g/mol. The molecule has 0 aromatic carbocycles. The highest BCUT2D eigenvalue weighted by atomic mass is 16.8. The summed E-state index contributed by atoms with van der Waals surface area (Å²) in [6.07, 6.45) is -35.1. The van der Waals surface area contributed by atoms with Crippen molar-refractivity contribution in [3.63, 3.8) is 0 Å². The number of hydrogen-bond donors (Lipinski definition) is 15. The Bertz CT molecular complexity index is 1330. The molecule has 56 heavy (non-hydrogen) atoms. The van der Waals surface area contributed by atoms with Crippen molar-refractivity contribution in [3.05, 3.63) is 0 Å². The van der Waals surface area contributed by atoms with E-state index in [2.05, 4.69) is 10.6 Å². The smallest absolute Gasteiger partial charge is 0.364 e. The first-order valence-electron chi connectivity index (χ1n) is 17.6. The summed E-state index contributed by atoms with van der Waals surface area (Å²) < 4.78 is 39.7. The molecule has 4 heterocycles. The number of nitrogens with one attached hydrogen (secondary N) is 2. The van der Waals surface area contributed by atoms with E-state index in [4.69, 9.17) is 33.2 Å². The van der Waals surface area contributed by atoms with Gasteiger partial charge in [0.15, 0.2) is 18.9 Å².